The van der Waals surface area contributed by atoms with Crippen LogP contribution >= 0.6 is 0 Å². The van der Waals surface area contributed by atoms with Crippen molar-refractivity contribution in [3.63, 3.8) is 0 Å². The number of fused-ring (bicyclic) bond motifs is 6. The van der Waals surface area contributed by atoms with Gasteiger partial charge >= 0.3 is 0 Å². The summed E-state index contributed by atoms with van der Waals surface area (Å²) < 4.78 is 0. The summed E-state index contributed by atoms with van der Waals surface area (Å²) in [6.45, 7) is 9.34. The predicted octanol–water partition coefficient (Wildman–Crippen LogP) is 6.06. The van der Waals surface area contributed by atoms with Crippen LogP contribution in [-0.2, 0) is 9.59 Å². The lowest BCUT2D eigenvalue weighted by molar-refractivity contribution is -0.117. The van der Waals surface area contributed by atoms with Gasteiger partial charge in [0.15, 0.2) is 5.78 Å². The third kappa shape index (κ3) is 2.73. The van der Waals surface area contributed by atoms with Crippen molar-refractivity contribution in [3.8, 4) is 0 Å². The highest BCUT2D eigenvalue weighted by Crippen LogP contribution is 2.73. The van der Waals surface area contributed by atoms with Crippen molar-refractivity contribution in [2.75, 3.05) is 0 Å². The molecule has 0 aromatic rings. The third-order valence-electron chi connectivity index (χ3n) is 9.13. The average molecular weight is 369 g/mol. The summed E-state index contributed by atoms with van der Waals surface area (Å²) in [7, 11) is 0. The fourth-order valence-electron chi connectivity index (χ4n) is 7.15. The summed E-state index contributed by atoms with van der Waals surface area (Å²) in [6.07, 6.45) is 16.2. The first kappa shape index (κ1) is 19.2. The molecule has 5 atom stereocenters. The highest BCUT2D eigenvalue weighted by Gasteiger charge is 2.64. The van der Waals surface area contributed by atoms with E-state index in [4.69, 9.17) is 0 Å². The van der Waals surface area contributed by atoms with Gasteiger partial charge in [0, 0.05) is 12.8 Å². The Labute approximate surface area is 164 Å². The van der Waals surface area contributed by atoms with Gasteiger partial charge in [-0.15, -0.1) is 0 Å². The quantitative estimate of drug-likeness (QED) is 0.416. The molecule has 5 aliphatic carbocycles. The molecule has 0 saturated heterocycles. The molecule has 0 N–H and O–H groups in total. The normalized spacial score (nSPS) is 43.4. The van der Waals surface area contributed by atoms with Crippen molar-refractivity contribution < 1.29 is 9.59 Å². The minimum absolute atomic E-state index is 0.307. The van der Waals surface area contributed by atoms with Crippen LogP contribution in [0.4, 0.5) is 0 Å². The zero-order chi connectivity index (χ0) is 19.4. The van der Waals surface area contributed by atoms with Gasteiger partial charge in [-0.05, 0) is 85.0 Å². The van der Waals surface area contributed by atoms with E-state index < -0.39 is 0 Å². The molecule has 0 amide bonds. The van der Waals surface area contributed by atoms with Gasteiger partial charge in [0.25, 0.3) is 0 Å². The molecule has 3 fully saturated rings. The first-order chi connectivity index (χ1) is 12.8. The molecule has 0 heterocycles. The maximum atomic E-state index is 12.1. The molecule has 0 aromatic heterocycles. The Hall–Kier alpha value is -1.18. The van der Waals surface area contributed by atoms with Gasteiger partial charge in [-0.1, -0.05) is 44.9 Å². The first-order valence-corrected chi connectivity index (χ1v) is 11.2. The Morgan fingerprint density at radius 2 is 1.85 bits per heavy atom. The third-order valence-corrected chi connectivity index (χ3v) is 9.13. The van der Waals surface area contributed by atoms with E-state index in [1.165, 1.54) is 38.5 Å². The summed E-state index contributed by atoms with van der Waals surface area (Å²) in [5.41, 5.74) is 4.60. The maximum absolute atomic E-state index is 12.1. The Balaban J connectivity index is 0.000000413. The van der Waals surface area contributed by atoms with E-state index in [0.29, 0.717) is 28.4 Å². The lowest BCUT2D eigenvalue weighted by Crippen LogP contribution is -2.50. The lowest BCUT2D eigenvalue weighted by Gasteiger charge is -2.58. The van der Waals surface area contributed by atoms with Crippen LogP contribution in [0.1, 0.15) is 85.5 Å². The highest BCUT2D eigenvalue weighted by atomic mass is 16.1. The van der Waals surface area contributed by atoms with Crippen molar-refractivity contribution in [1.82, 2.24) is 0 Å². The largest absolute Gasteiger partial charge is 0.303 e. The molecule has 2 nitrogen and oxygen atoms in total. The van der Waals surface area contributed by atoms with E-state index in [9.17, 15) is 9.59 Å². The van der Waals surface area contributed by atoms with Gasteiger partial charge in [-0.25, -0.2) is 0 Å². The predicted molar refractivity (Wildman–Crippen MR) is 109 cm³/mol. The van der Waals surface area contributed by atoms with Crippen LogP contribution in [0, 0.1) is 34.0 Å². The molecule has 0 bridgehead atoms. The molecule has 5 rings (SSSR count). The van der Waals surface area contributed by atoms with E-state index in [0.717, 1.165) is 36.9 Å². The van der Waals surface area contributed by atoms with Gasteiger partial charge in [-0.2, -0.15) is 0 Å². The molecule has 5 aliphatic rings. The van der Waals surface area contributed by atoms with Crippen LogP contribution < -0.4 is 0 Å². The molecule has 3 saturated carbocycles. The smallest absolute Gasteiger partial charge is 0.155 e. The molecule has 0 aromatic carbocycles. The molecule has 1 spiro atoms. The molecule has 27 heavy (non-hydrogen) atoms. The molecule has 148 valence electrons. The van der Waals surface area contributed by atoms with E-state index in [2.05, 4.69) is 32.9 Å². The van der Waals surface area contributed by atoms with Crippen molar-refractivity contribution in [2.45, 2.75) is 85.5 Å². The van der Waals surface area contributed by atoms with Crippen molar-refractivity contribution in [3.05, 3.63) is 23.3 Å². The zero-order valence-corrected chi connectivity index (χ0v) is 17.6. The van der Waals surface area contributed by atoms with E-state index in [1.54, 1.807) is 5.57 Å². The fraction of sp³-hybridized carbons (Fsp3) is 0.760. The van der Waals surface area contributed by atoms with E-state index in [-0.39, 0.29) is 0 Å². The molecule has 0 aliphatic heterocycles. The van der Waals surface area contributed by atoms with Crippen molar-refractivity contribution in [2.24, 2.45) is 34.0 Å². The Kier molecular flexibility index (Phi) is 4.56. The summed E-state index contributed by atoms with van der Waals surface area (Å²) in [6, 6.07) is 0. The number of ketones is 1. The fourth-order valence-corrected chi connectivity index (χ4v) is 7.15. The minimum Gasteiger partial charge on any atom is -0.303 e. The molecule has 2 heteroatoms. The number of aldehydes is 1. The zero-order valence-electron chi connectivity index (χ0n) is 17.6. The molecular formula is C25H36O2. The second-order valence-electron chi connectivity index (χ2n) is 10.5. The van der Waals surface area contributed by atoms with Gasteiger partial charge < -0.3 is 4.79 Å². The van der Waals surface area contributed by atoms with Gasteiger partial charge in [0.2, 0.25) is 0 Å². The Bertz CT molecular complexity index is 710. The molecule has 5 unspecified atom stereocenters. The second-order valence-corrected chi connectivity index (χ2v) is 10.5. The number of rotatable bonds is 1. The van der Waals surface area contributed by atoms with Crippen LogP contribution in [0.5, 0.6) is 0 Å². The standard InChI is InChI=1S/C22H30O.C3H6O/c1-14-4-5-17-16-13-22(10-11-22)19-12-15(23)6-8-21(19,3)18(16)7-9-20(14,17)2;1-2-3-4/h5,12,14,16,18H,4,6-11,13H2,1-3H3;3H,2H2,1H3. The van der Waals surface area contributed by atoms with E-state index in [1.807, 2.05) is 12.5 Å². The highest BCUT2D eigenvalue weighted by molar-refractivity contribution is 5.92. The van der Waals surface area contributed by atoms with Crippen LogP contribution in [0.2, 0.25) is 0 Å². The summed E-state index contributed by atoms with van der Waals surface area (Å²) in [5, 5.41) is 0. The van der Waals surface area contributed by atoms with Crippen molar-refractivity contribution >= 4 is 12.1 Å². The Morgan fingerprint density at radius 1 is 1.15 bits per heavy atom. The topological polar surface area (TPSA) is 34.1 Å². The number of carbonyl (C=O) groups excluding carboxylic acids is 2. The molecular weight excluding hydrogens is 332 g/mol. The average Bonchev–Trinajstić information content (AvgIpc) is 3.35. The van der Waals surface area contributed by atoms with Gasteiger partial charge in [0.1, 0.15) is 6.29 Å². The first-order valence-electron chi connectivity index (χ1n) is 11.2. The second kappa shape index (κ2) is 6.42. The number of hydrogen-bond acceptors (Lipinski definition) is 2. The number of hydrogen-bond donors (Lipinski definition) is 0. The van der Waals surface area contributed by atoms with Gasteiger partial charge in [0.05, 0.1) is 0 Å². The number of allylic oxidation sites excluding steroid dienone is 4. The monoisotopic (exact) mass is 368 g/mol. The Morgan fingerprint density at radius 3 is 2.48 bits per heavy atom. The van der Waals surface area contributed by atoms with Crippen LogP contribution in [0.25, 0.3) is 0 Å². The van der Waals surface area contributed by atoms with Crippen LogP contribution in [-0.4, -0.2) is 12.1 Å². The lowest BCUT2D eigenvalue weighted by atomic mass is 9.45. The van der Waals surface area contributed by atoms with Gasteiger partial charge in [-0.3, -0.25) is 4.79 Å². The summed E-state index contributed by atoms with van der Waals surface area (Å²) in [5.74, 6) is 2.82. The summed E-state index contributed by atoms with van der Waals surface area (Å²) >= 11 is 0. The maximum Gasteiger partial charge on any atom is 0.155 e. The summed E-state index contributed by atoms with van der Waals surface area (Å²) in [4.78, 5) is 21.3. The number of carbonyl (C=O) groups is 2. The SMILES string of the molecule is CC1CC=C2C3CC4(CC4)C4=CC(=O)CCC4(C)C3CCC21C.CCC=O. The molecule has 0 radical (unpaired) electrons. The van der Waals surface area contributed by atoms with Crippen LogP contribution in [0.15, 0.2) is 23.3 Å². The van der Waals surface area contributed by atoms with Crippen LogP contribution in [0.3, 0.4) is 0 Å². The van der Waals surface area contributed by atoms with E-state index >= 15 is 0 Å². The van der Waals surface area contributed by atoms with Crippen molar-refractivity contribution in [1.29, 1.82) is 0 Å². The minimum atomic E-state index is 0.307.